The molecule has 0 aliphatic carbocycles. The van der Waals surface area contributed by atoms with Crippen LogP contribution in [0.1, 0.15) is 11.5 Å². The Kier molecular flexibility index (Phi) is 3.07. The van der Waals surface area contributed by atoms with Crippen LogP contribution in [0.15, 0.2) is 33.8 Å². The molecule has 7 nitrogen and oxygen atoms in total. The lowest BCUT2D eigenvalue weighted by atomic mass is 10.3. The van der Waals surface area contributed by atoms with E-state index in [4.69, 9.17) is 4.42 Å². The molecule has 0 fully saturated rings. The third-order valence-corrected chi connectivity index (χ3v) is 3.48. The molecule has 102 valence electrons. The predicted molar refractivity (Wildman–Crippen MR) is 72.5 cm³/mol. The Morgan fingerprint density at radius 1 is 1.55 bits per heavy atom. The molecule has 0 saturated heterocycles. The van der Waals surface area contributed by atoms with Gasteiger partial charge in [-0.2, -0.15) is 11.3 Å². The number of thiophene rings is 1. The Bertz CT molecular complexity index is 745. The highest BCUT2D eigenvalue weighted by Crippen LogP contribution is 2.24. The van der Waals surface area contributed by atoms with Crippen LogP contribution in [0.4, 0.5) is 5.82 Å². The minimum absolute atomic E-state index is 0.177. The first-order valence-electron chi connectivity index (χ1n) is 5.78. The molecule has 0 unspecified atom stereocenters. The van der Waals surface area contributed by atoms with Crippen molar-refractivity contribution in [2.75, 3.05) is 0 Å². The second-order valence-corrected chi connectivity index (χ2v) is 4.98. The summed E-state index contributed by atoms with van der Waals surface area (Å²) in [7, 11) is 0. The second kappa shape index (κ2) is 4.89. The monoisotopic (exact) mass is 290 g/mol. The molecule has 3 aromatic heterocycles. The Labute approximate surface area is 117 Å². The number of rotatable bonds is 4. The average Bonchev–Trinajstić information content (AvgIpc) is 3.11. The highest BCUT2D eigenvalue weighted by atomic mass is 32.1. The number of aryl methyl sites for hydroxylation is 1. The molecule has 0 N–H and O–H groups in total. The number of hydrogen-bond acceptors (Lipinski definition) is 6. The van der Waals surface area contributed by atoms with E-state index in [1.807, 2.05) is 23.8 Å². The van der Waals surface area contributed by atoms with Crippen LogP contribution in [0.25, 0.3) is 11.5 Å². The Morgan fingerprint density at radius 2 is 2.40 bits per heavy atom. The van der Waals surface area contributed by atoms with E-state index in [-0.39, 0.29) is 5.82 Å². The number of hydrogen-bond donors (Lipinski definition) is 0. The van der Waals surface area contributed by atoms with Crippen molar-refractivity contribution in [2.45, 2.75) is 13.5 Å². The van der Waals surface area contributed by atoms with E-state index < -0.39 is 4.92 Å². The number of nitro groups is 1. The van der Waals surface area contributed by atoms with Gasteiger partial charge >= 0.3 is 5.82 Å². The van der Waals surface area contributed by atoms with Crippen LogP contribution in [-0.4, -0.2) is 19.5 Å². The lowest BCUT2D eigenvalue weighted by Crippen LogP contribution is -1.98. The molecule has 0 bridgehead atoms. The summed E-state index contributed by atoms with van der Waals surface area (Å²) in [5.41, 5.74) is 1.67. The van der Waals surface area contributed by atoms with Gasteiger partial charge in [0.1, 0.15) is 17.7 Å². The van der Waals surface area contributed by atoms with Crippen molar-refractivity contribution in [1.82, 2.24) is 14.5 Å². The van der Waals surface area contributed by atoms with Gasteiger partial charge in [-0.05, 0) is 28.3 Å². The molecular formula is C12H10N4O3S. The zero-order valence-corrected chi connectivity index (χ0v) is 11.3. The second-order valence-electron chi connectivity index (χ2n) is 4.20. The number of imidazole rings is 1. The molecule has 0 aliphatic heterocycles. The number of aromatic nitrogens is 3. The van der Waals surface area contributed by atoms with Crippen LogP contribution in [0.5, 0.6) is 0 Å². The van der Waals surface area contributed by atoms with Crippen LogP contribution in [0.3, 0.4) is 0 Å². The Morgan fingerprint density at radius 3 is 3.05 bits per heavy atom. The summed E-state index contributed by atoms with van der Waals surface area (Å²) >= 11 is 1.57. The predicted octanol–water partition coefficient (Wildman–Crippen LogP) is 2.86. The van der Waals surface area contributed by atoms with Gasteiger partial charge in [0.05, 0.1) is 6.54 Å². The Balaban J connectivity index is 1.85. The van der Waals surface area contributed by atoms with E-state index in [0.29, 0.717) is 18.2 Å². The zero-order valence-electron chi connectivity index (χ0n) is 10.5. The average molecular weight is 290 g/mol. The van der Waals surface area contributed by atoms with Gasteiger partial charge in [0.2, 0.25) is 12.2 Å². The van der Waals surface area contributed by atoms with Crippen molar-refractivity contribution < 1.29 is 9.34 Å². The van der Waals surface area contributed by atoms with Gasteiger partial charge in [-0.15, -0.1) is 0 Å². The first kappa shape index (κ1) is 12.5. The molecular weight excluding hydrogens is 280 g/mol. The maximum atomic E-state index is 10.6. The van der Waals surface area contributed by atoms with E-state index in [1.165, 1.54) is 12.5 Å². The largest absolute Gasteiger partial charge is 0.441 e. The first-order valence-corrected chi connectivity index (χ1v) is 6.73. The standard InChI is InChI=1S/C12H10N4O3S/c1-8-10(4-15-5-11(13-7-15)16(17)18)14-12(19-8)9-2-3-20-6-9/h2-3,5-7H,4H2,1H3. The van der Waals surface area contributed by atoms with E-state index >= 15 is 0 Å². The Hall–Kier alpha value is -2.48. The fourth-order valence-electron chi connectivity index (χ4n) is 1.79. The van der Waals surface area contributed by atoms with Gasteiger partial charge in [-0.1, -0.05) is 0 Å². The van der Waals surface area contributed by atoms with Gasteiger partial charge in [0, 0.05) is 10.9 Å². The lowest BCUT2D eigenvalue weighted by molar-refractivity contribution is -0.389. The summed E-state index contributed by atoms with van der Waals surface area (Å²) in [5.74, 6) is 1.08. The van der Waals surface area contributed by atoms with Gasteiger partial charge in [0.15, 0.2) is 0 Å². The number of nitrogens with zero attached hydrogens (tertiary/aromatic N) is 4. The molecule has 0 atom stereocenters. The SMILES string of the molecule is Cc1oc(-c2ccsc2)nc1Cn1cnc([N+](=O)[O-])c1. The fourth-order valence-corrected chi connectivity index (χ4v) is 2.42. The summed E-state index contributed by atoms with van der Waals surface area (Å²) in [4.78, 5) is 18.2. The zero-order chi connectivity index (χ0) is 14.1. The number of oxazole rings is 1. The van der Waals surface area contributed by atoms with Crippen LogP contribution in [-0.2, 0) is 6.54 Å². The minimum Gasteiger partial charge on any atom is -0.441 e. The highest BCUT2D eigenvalue weighted by molar-refractivity contribution is 7.08. The summed E-state index contributed by atoms with van der Waals surface area (Å²) < 4.78 is 7.22. The van der Waals surface area contributed by atoms with Crippen molar-refractivity contribution in [2.24, 2.45) is 0 Å². The van der Waals surface area contributed by atoms with Crippen molar-refractivity contribution in [1.29, 1.82) is 0 Å². The van der Waals surface area contributed by atoms with E-state index in [2.05, 4.69) is 9.97 Å². The quantitative estimate of drug-likeness (QED) is 0.544. The van der Waals surface area contributed by atoms with Crippen molar-refractivity contribution in [3.63, 3.8) is 0 Å². The maximum Gasteiger partial charge on any atom is 0.381 e. The molecule has 0 saturated carbocycles. The van der Waals surface area contributed by atoms with Crippen LogP contribution in [0, 0.1) is 17.0 Å². The molecule has 0 aromatic carbocycles. The van der Waals surface area contributed by atoms with Crippen LogP contribution < -0.4 is 0 Å². The molecule has 8 heteroatoms. The summed E-state index contributed by atoms with van der Waals surface area (Å²) in [6, 6.07) is 1.93. The summed E-state index contributed by atoms with van der Waals surface area (Å²) in [5, 5.41) is 14.5. The lowest BCUT2D eigenvalue weighted by Gasteiger charge is -1.95. The van der Waals surface area contributed by atoms with Crippen molar-refractivity contribution >= 4 is 17.2 Å². The van der Waals surface area contributed by atoms with Crippen molar-refractivity contribution in [3.05, 3.63) is 50.9 Å². The van der Waals surface area contributed by atoms with Gasteiger partial charge in [0.25, 0.3) is 0 Å². The van der Waals surface area contributed by atoms with E-state index in [9.17, 15) is 10.1 Å². The smallest absolute Gasteiger partial charge is 0.381 e. The highest BCUT2D eigenvalue weighted by Gasteiger charge is 2.15. The van der Waals surface area contributed by atoms with Crippen LogP contribution >= 0.6 is 11.3 Å². The first-order chi connectivity index (χ1) is 9.63. The molecule has 20 heavy (non-hydrogen) atoms. The van der Waals surface area contributed by atoms with Gasteiger partial charge in [-0.3, -0.25) is 0 Å². The fraction of sp³-hybridized carbons (Fsp3) is 0.167. The molecule has 3 heterocycles. The van der Waals surface area contributed by atoms with Gasteiger partial charge in [-0.25, -0.2) is 4.98 Å². The molecule has 0 radical (unpaired) electrons. The van der Waals surface area contributed by atoms with E-state index in [0.717, 1.165) is 11.3 Å². The molecule has 0 aliphatic rings. The summed E-state index contributed by atoms with van der Waals surface area (Å²) in [6.07, 6.45) is 2.79. The normalized spacial score (nSPS) is 10.8. The van der Waals surface area contributed by atoms with Crippen LogP contribution in [0.2, 0.25) is 0 Å². The van der Waals surface area contributed by atoms with E-state index in [1.54, 1.807) is 15.9 Å². The summed E-state index contributed by atoms with van der Waals surface area (Å²) in [6.45, 7) is 2.21. The molecule has 0 amide bonds. The maximum absolute atomic E-state index is 10.6. The van der Waals surface area contributed by atoms with Gasteiger partial charge < -0.3 is 19.1 Å². The topological polar surface area (TPSA) is 87.0 Å². The molecule has 3 aromatic rings. The molecule has 0 spiro atoms. The third-order valence-electron chi connectivity index (χ3n) is 2.80. The molecule has 3 rings (SSSR count). The van der Waals surface area contributed by atoms with Crippen molar-refractivity contribution in [3.8, 4) is 11.5 Å². The third kappa shape index (κ3) is 2.32. The minimum atomic E-state index is -0.525.